The van der Waals surface area contributed by atoms with Gasteiger partial charge in [-0.15, -0.1) is 0 Å². The molecule has 0 heterocycles. The van der Waals surface area contributed by atoms with Crippen LogP contribution in [0.3, 0.4) is 0 Å². The summed E-state index contributed by atoms with van der Waals surface area (Å²) in [7, 11) is 0. The van der Waals surface area contributed by atoms with Crippen molar-refractivity contribution in [3.05, 3.63) is 66.2 Å². The number of benzene rings is 2. The van der Waals surface area contributed by atoms with Crippen LogP contribution in [0.5, 0.6) is 0 Å². The van der Waals surface area contributed by atoms with Crippen molar-refractivity contribution < 1.29 is 9.90 Å². The van der Waals surface area contributed by atoms with Gasteiger partial charge in [-0.3, -0.25) is 0 Å². The number of hydrogen-bond donors (Lipinski definition) is 2. The van der Waals surface area contributed by atoms with E-state index in [1.165, 1.54) is 0 Å². The summed E-state index contributed by atoms with van der Waals surface area (Å²) in [5.74, 6) is -0.937. The second-order valence-corrected chi connectivity index (χ2v) is 5.99. The van der Waals surface area contributed by atoms with Gasteiger partial charge in [0, 0.05) is 11.6 Å². The Morgan fingerprint density at radius 3 is 2.05 bits per heavy atom. The van der Waals surface area contributed by atoms with E-state index in [2.05, 4.69) is 0 Å². The van der Waals surface area contributed by atoms with E-state index in [1.54, 1.807) is 6.08 Å². The molecule has 0 atom stereocenters. The average Bonchev–Trinajstić information content (AvgIpc) is 2.44. The van der Waals surface area contributed by atoms with Gasteiger partial charge in [-0.25, -0.2) is 4.79 Å². The Bertz CT molecular complexity index is 619. The van der Waals surface area contributed by atoms with E-state index in [0.717, 1.165) is 22.8 Å². The largest absolute Gasteiger partial charge is 0.478 e. The molecular formula is C19H23NO2. The zero-order valence-corrected chi connectivity index (χ0v) is 13.3. The maximum absolute atomic E-state index is 10.5. The number of rotatable bonds is 3. The van der Waals surface area contributed by atoms with Crippen molar-refractivity contribution in [2.45, 2.75) is 26.3 Å². The van der Waals surface area contributed by atoms with Crippen molar-refractivity contribution in [2.75, 3.05) is 0 Å². The first-order valence-corrected chi connectivity index (χ1v) is 7.12. The van der Waals surface area contributed by atoms with Gasteiger partial charge in [0.05, 0.1) is 0 Å². The summed E-state index contributed by atoms with van der Waals surface area (Å²) in [5, 5.41) is 8.65. The van der Waals surface area contributed by atoms with E-state index in [-0.39, 0.29) is 5.54 Å². The SMILES string of the molecule is CC(C)(C)N.O=C(O)/C=C/c1ccccc1-c1ccccc1. The predicted molar refractivity (Wildman–Crippen MR) is 92.5 cm³/mol. The molecule has 3 heteroatoms. The van der Waals surface area contributed by atoms with Crippen LogP contribution in [0.1, 0.15) is 26.3 Å². The highest BCUT2D eigenvalue weighted by molar-refractivity contribution is 5.87. The van der Waals surface area contributed by atoms with Crippen LogP contribution in [0.15, 0.2) is 60.7 Å². The Kier molecular flexibility index (Phi) is 6.54. The number of hydrogen-bond acceptors (Lipinski definition) is 2. The summed E-state index contributed by atoms with van der Waals surface area (Å²) < 4.78 is 0. The Balaban J connectivity index is 0.000000422. The molecule has 0 saturated heterocycles. The zero-order valence-electron chi connectivity index (χ0n) is 13.3. The van der Waals surface area contributed by atoms with Crippen molar-refractivity contribution in [2.24, 2.45) is 5.73 Å². The molecule has 2 aromatic carbocycles. The molecule has 0 saturated carbocycles. The number of carboxylic acids is 1. The number of carbonyl (C=O) groups is 1. The lowest BCUT2D eigenvalue weighted by atomic mass is 9.99. The maximum Gasteiger partial charge on any atom is 0.328 e. The van der Waals surface area contributed by atoms with Crippen LogP contribution in [-0.4, -0.2) is 16.6 Å². The smallest absolute Gasteiger partial charge is 0.328 e. The highest BCUT2D eigenvalue weighted by Gasteiger charge is 2.01. The second kappa shape index (κ2) is 8.15. The summed E-state index contributed by atoms with van der Waals surface area (Å²) in [6, 6.07) is 17.6. The fourth-order valence-corrected chi connectivity index (χ4v) is 1.68. The molecule has 3 N–H and O–H groups in total. The van der Waals surface area contributed by atoms with Crippen LogP contribution in [0, 0.1) is 0 Å². The van der Waals surface area contributed by atoms with E-state index in [4.69, 9.17) is 10.8 Å². The molecule has 0 aliphatic heterocycles. The van der Waals surface area contributed by atoms with Crippen molar-refractivity contribution in [1.82, 2.24) is 0 Å². The maximum atomic E-state index is 10.5. The lowest BCUT2D eigenvalue weighted by Crippen LogP contribution is -2.26. The minimum absolute atomic E-state index is 0. The molecule has 0 fully saturated rings. The van der Waals surface area contributed by atoms with Gasteiger partial charge >= 0.3 is 5.97 Å². The summed E-state index contributed by atoms with van der Waals surface area (Å²) in [4.78, 5) is 10.5. The molecule has 0 amide bonds. The summed E-state index contributed by atoms with van der Waals surface area (Å²) in [5.41, 5.74) is 8.37. The lowest BCUT2D eigenvalue weighted by molar-refractivity contribution is -0.131. The van der Waals surface area contributed by atoms with Gasteiger partial charge in [-0.2, -0.15) is 0 Å². The molecule has 116 valence electrons. The van der Waals surface area contributed by atoms with Gasteiger partial charge in [0.15, 0.2) is 0 Å². The molecule has 0 aromatic heterocycles. The van der Waals surface area contributed by atoms with E-state index in [0.29, 0.717) is 0 Å². The van der Waals surface area contributed by atoms with Gasteiger partial charge in [0.2, 0.25) is 0 Å². The van der Waals surface area contributed by atoms with Crippen LogP contribution >= 0.6 is 0 Å². The molecule has 0 spiro atoms. The standard InChI is InChI=1S/C15H12O2.C4H11N/c16-15(17)11-10-13-8-4-5-9-14(13)12-6-2-1-3-7-12;1-4(2,3)5/h1-11H,(H,16,17);5H2,1-3H3/b11-10+;. The Morgan fingerprint density at radius 2 is 1.50 bits per heavy atom. The van der Waals surface area contributed by atoms with Gasteiger partial charge < -0.3 is 10.8 Å². The van der Waals surface area contributed by atoms with Gasteiger partial charge in [-0.05, 0) is 43.5 Å². The van der Waals surface area contributed by atoms with Gasteiger partial charge in [-0.1, -0.05) is 54.6 Å². The normalized spacial score (nSPS) is 10.9. The third-order valence-corrected chi connectivity index (χ3v) is 2.45. The fraction of sp³-hybridized carbons (Fsp3) is 0.211. The van der Waals surface area contributed by atoms with Crippen LogP contribution in [-0.2, 0) is 4.79 Å². The number of nitrogens with two attached hydrogens (primary N) is 1. The van der Waals surface area contributed by atoms with E-state index >= 15 is 0 Å². The molecule has 22 heavy (non-hydrogen) atoms. The first kappa shape index (κ1) is 17.7. The van der Waals surface area contributed by atoms with Crippen molar-refractivity contribution in [1.29, 1.82) is 0 Å². The quantitative estimate of drug-likeness (QED) is 0.835. The average molecular weight is 297 g/mol. The second-order valence-electron chi connectivity index (χ2n) is 5.99. The van der Waals surface area contributed by atoms with E-state index in [1.807, 2.05) is 75.4 Å². The molecule has 0 unspecified atom stereocenters. The first-order chi connectivity index (χ1) is 10.3. The predicted octanol–water partition coefficient (Wildman–Crippen LogP) is 4.20. The Labute approximate surface area is 132 Å². The van der Waals surface area contributed by atoms with E-state index in [9.17, 15) is 4.79 Å². The van der Waals surface area contributed by atoms with Crippen LogP contribution < -0.4 is 5.73 Å². The fourth-order valence-electron chi connectivity index (χ4n) is 1.68. The highest BCUT2D eigenvalue weighted by Crippen LogP contribution is 2.24. The molecule has 3 nitrogen and oxygen atoms in total. The van der Waals surface area contributed by atoms with Crippen molar-refractivity contribution in [3.63, 3.8) is 0 Å². The van der Waals surface area contributed by atoms with Crippen molar-refractivity contribution >= 4 is 12.0 Å². The highest BCUT2D eigenvalue weighted by atomic mass is 16.4. The summed E-state index contributed by atoms with van der Waals surface area (Å²) in [6.07, 6.45) is 2.77. The Hall–Kier alpha value is -2.39. The first-order valence-electron chi connectivity index (χ1n) is 7.12. The molecule has 0 bridgehead atoms. The lowest BCUT2D eigenvalue weighted by Gasteiger charge is -2.06. The third-order valence-electron chi connectivity index (χ3n) is 2.45. The molecule has 0 aliphatic rings. The van der Waals surface area contributed by atoms with Crippen LogP contribution in [0.25, 0.3) is 17.2 Å². The van der Waals surface area contributed by atoms with Crippen LogP contribution in [0.4, 0.5) is 0 Å². The van der Waals surface area contributed by atoms with Crippen molar-refractivity contribution in [3.8, 4) is 11.1 Å². The summed E-state index contributed by atoms with van der Waals surface area (Å²) in [6.45, 7) is 5.90. The molecule has 0 radical (unpaired) electrons. The molecular weight excluding hydrogens is 274 g/mol. The molecule has 2 rings (SSSR count). The van der Waals surface area contributed by atoms with Gasteiger partial charge in [0.1, 0.15) is 0 Å². The minimum Gasteiger partial charge on any atom is -0.478 e. The minimum atomic E-state index is -0.937. The third kappa shape index (κ3) is 7.41. The monoisotopic (exact) mass is 297 g/mol. The molecule has 2 aromatic rings. The topological polar surface area (TPSA) is 63.3 Å². The zero-order chi connectivity index (χ0) is 16.6. The summed E-state index contributed by atoms with van der Waals surface area (Å²) >= 11 is 0. The molecule has 0 aliphatic carbocycles. The Morgan fingerprint density at radius 1 is 1.00 bits per heavy atom. The van der Waals surface area contributed by atoms with Gasteiger partial charge in [0.25, 0.3) is 0 Å². The number of aliphatic carboxylic acids is 1. The number of carboxylic acid groups (broad SMARTS) is 1. The van der Waals surface area contributed by atoms with Crippen LogP contribution in [0.2, 0.25) is 0 Å². The van der Waals surface area contributed by atoms with E-state index < -0.39 is 5.97 Å².